The number of benzene rings is 2. The van der Waals surface area contributed by atoms with Crippen molar-refractivity contribution in [2.45, 2.75) is 26.0 Å². The SMILES string of the molecule is CC(N)Cc1ccc(OCc2ccccc2)c(Cl)c1. The van der Waals surface area contributed by atoms with Gasteiger partial charge in [0.1, 0.15) is 12.4 Å². The minimum Gasteiger partial charge on any atom is -0.487 e. The van der Waals surface area contributed by atoms with Crippen LogP contribution < -0.4 is 10.5 Å². The van der Waals surface area contributed by atoms with E-state index in [1.54, 1.807) is 0 Å². The fourth-order valence-electron chi connectivity index (χ4n) is 1.90. The lowest BCUT2D eigenvalue weighted by atomic mass is 10.1. The van der Waals surface area contributed by atoms with Crippen molar-refractivity contribution in [3.05, 3.63) is 64.7 Å². The van der Waals surface area contributed by atoms with Crippen molar-refractivity contribution in [1.29, 1.82) is 0 Å². The van der Waals surface area contributed by atoms with Crippen LogP contribution in [-0.4, -0.2) is 6.04 Å². The van der Waals surface area contributed by atoms with E-state index < -0.39 is 0 Å². The highest BCUT2D eigenvalue weighted by Gasteiger charge is 2.05. The zero-order chi connectivity index (χ0) is 13.7. The van der Waals surface area contributed by atoms with Gasteiger partial charge in [0.25, 0.3) is 0 Å². The van der Waals surface area contributed by atoms with Crippen LogP contribution in [0.1, 0.15) is 18.1 Å². The van der Waals surface area contributed by atoms with Crippen LogP contribution in [0.25, 0.3) is 0 Å². The summed E-state index contributed by atoms with van der Waals surface area (Å²) in [6.07, 6.45) is 0.818. The lowest BCUT2D eigenvalue weighted by Gasteiger charge is -2.10. The van der Waals surface area contributed by atoms with Gasteiger partial charge < -0.3 is 10.5 Å². The Labute approximate surface area is 119 Å². The largest absolute Gasteiger partial charge is 0.487 e. The average molecular weight is 276 g/mol. The van der Waals surface area contributed by atoms with E-state index in [-0.39, 0.29) is 6.04 Å². The van der Waals surface area contributed by atoms with E-state index in [1.165, 1.54) is 0 Å². The predicted octanol–water partition coefficient (Wildman–Crippen LogP) is 3.81. The molecule has 0 radical (unpaired) electrons. The fourth-order valence-corrected chi connectivity index (χ4v) is 2.15. The van der Waals surface area contributed by atoms with Gasteiger partial charge in [-0.05, 0) is 36.6 Å². The summed E-state index contributed by atoms with van der Waals surface area (Å²) in [4.78, 5) is 0. The smallest absolute Gasteiger partial charge is 0.138 e. The topological polar surface area (TPSA) is 35.2 Å². The molecule has 1 atom stereocenters. The highest BCUT2D eigenvalue weighted by atomic mass is 35.5. The number of hydrogen-bond donors (Lipinski definition) is 1. The summed E-state index contributed by atoms with van der Waals surface area (Å²) in [5.74, 6) is 0.707. The number of halogens is 1. The number of ether oxygens (including phenoxy) is 1. The second-order valence-corrected chi connectivity index (χ2v) is 5.13. The standard InChI is InChI=1S/C16H18ClNO/c1-12(18)9-14-7-8-16(15(17)10-14)19-11-13-5-3-2-4-6-13/h2-8,10,12H,9,11,18H2,1H3. The maximum absolute atomic E-state index is 6.21. The van der Waals surface area contributed by atoms with Crippen molar-refractivity contribution in [3.8, 4) is 5.75 Å². The van der Waals surface area contributed by atoms with Crippen molar-refractivity contribution in [2.75, 3.05) is 0 Å². The number of hydrogen-bond acceptors (Lipinski definition) is 2. The minimum absolute atomic E-state index is 0.132. The Morgan fingerprint density at radius 1 is 1.11 bits per heavy atom. The Morgan fingerprint density at radius 2 is 1.84 bits per heavy atom. The molecule has 0 fully saturated rings. The molecule has 2 N–H and O–H groups in total. The van der Waals surface area contributed by atoms with Gasteiger partial charge in [-0.25, -0.2) is 0 Å². The van der Waals surface area contributed by atoms with Crippen LogP contribution in [0.3, 0.4) is 0 Å². The molecule has 0 saturated carbocycles. The molecule has 2 nitrogen and oxygen atoms in total. The first-order valence-electron chi connectivity index (χ1n) is 6.36. The number of nitrogens with two attached hydrogens (primary N) is 1. The van der Waals surface area contributed by atoms with Crippen LogP contribution in [0.5, 0.6) is 5.75 Å². The molecule has 2 aromatic carbocycles. The summed E-state index contributed by atoms with van der Waals surface area (Å²) in [5.41, 5.74) is 8.03. The Balaban J connectivity index is 2.01. The van der Waals surface area contributed by atoms with E-state index in [0.29, 0.717) is 17.4 Å². The quantitative estimate of drug-likeness (QED) is 0.901. The van der Waals surface area contributed by atoms with Crippen LogP contribution in [0.2, 0.25) is 5.02 Å². The molecule has 1 unspecified atom stereocenters. The van der Waals surface area contributed by atoms with Crippen molar-refractivity contribution < 1.29 is 4.74 Å². The third-order valence-corrected chi connectivity index (χ3v) is 3.09. The molecule has 19 heavy (non-hydrogen) atoms. The lowest BCUT2D eigenvalue weighted by Crippen LogP contribution is -2.17. The average Bonchev–Trinajstić information content (AvgIpc) is 2.38. The molecule has 0 aliphatic rings. The van der Waals surface area contributed by atoms with E-state index in [2.05, 4.69) is 0 Å². The molecule has 0 spiro atoms. The first kappa shape index (κ1) is 13.9. The third-order valence-electron chi connectivity index (χ3n) is 2.79. The van der Waals surface area contributed by atoms with Crippen LogP contribution in [0.15, 0.2) is 48.5 Å². The van der Waals surface area contributed by atoms with E-state index in [9.17, 15) is 0 Å². The predicted molar refractivity (Wildman–Crippen MR) is 79.6 cm³/mol. The molecule has 3 heteroatoms. The van der Waals surface area contributed by atoms with E-state index in [1.807, 2.05) is 55.5 Å². The zero-order valence-corrected chi connectivity index (χ0v) is 11.7. The summed E-state index contributed by atoms with van der Waals surface area (Å²) >= 11 is 6.21. The van der Waals surface area contributed by atoms with Crippen molar-refractivity contribution in [3.63, 3.8) is 0 Å². The molecule has 2 aromatic rings. The molecular formula is C16H18ClNO. The molecule has 0 bridgehead atoms. The van der Waals surface area contributed by atoms with Crippen molar-refractivity contribution in [1.82, 2.24) is 0 Å². The highest BCUT2D eigenvalue weighted by Crippen LogP contribution is 2.26. The normalized spacial score (nSPS) is 12.2. The number of rotatable bonds is 5. The molecule has 2 rings (SSSR count). The fraction of sp³-hybridized carbons (Fsp3) is 0.250. The summed E-state index contributed by atoms with van der Waals surface area (Å²) < 4.78 is 5.72. The maximum Gasteiger partial charge on any atom is 0.138 e. The first-order chi connectivity index (χ1) is 9.15. The molecule has 0 aromatic heterocycles. The summed E-state index contributed by atoms with van der Waals surface area (Å²) in [6, 6.07) is 16.0. The highest BCUT2D eigenvalue weighted by molar-refractivity contribution is 6.32. The van der Waals surface area contributed by atoms with Gasteiger partial charge in [-0.3, -0.25) is 0 Å². The van der Waals surface area contributed by atoms with Gasteiger partial charge in [-0.2, -0.15) is 0 Å². The van der Waals surface area contributed by atoms with Crippen molar-refractivity contribution in [2.24, 2.45) is 5.73 Å². The molecule has 0 heterocycles. The van der Waals surface area contributed by atoms with Gasteiger partial charge >= 0.3 is 0 Å². The van der Waals surface area contributed by atoms with Crippen LogP contribution >= 0.6 is 11.6 Å². The van der Waals surface area contributed by atoms with E-state index in [4.69, 9.17) is 22.1 Å². The summed E-state index contributed by atoms with van der Waals surface area (Å²) in [7, 11) is 0. The Hall–Kier alpha value is -1.51. The van der Waals surface area contributed by atoms with Gasteiger partial charge in [-0.15, -0.1) is 0 Å². The van der Waals surface area contributed by atoms with E-state index >= 15 is 0 Å². The maximum atomic E-state index is 6.21. The van der Waals surface area contributed by atoms with Crippen molar-refractivity contribution >= 4 is 11.6 Å². The van der Waals surface area contributed by atoms with Gasteiger partial charge in [0.05, 0.1) is 5.02 Å². The third kappa shape index (κ3) is 4.27. The molecule has 0 aliphatic carbocycles. The second kappa shape index (κ2) is 6.60. The Bertz CT molecular complexity index is 526. The zero-order valence-electron chi connectivity index (χ0n) is 11.0. The molecule has 0 amide bonds. The van der Waals surface area contributed by atoms with Crippen LogP contribution in [0, 0.1) is 0 Å². The van der Waals surface area contributed by atoms with Gasteiger partial charge in [0.2, 0.25) is 0 Å². The molecular weight excluding hydrogens is 258 g/mol. The van der Waals surface area contributed by atoms with Crippen LogP contribution in [-0.2, 0) is 13.0 Å². The van der Waals surface area contributed by atoms with Gasteiger partial charge in [0.15, 0.2) is 0 Å². The summed E-state index contributed by atoms with van der Waals surface area (Å²) in [5, 5.41) is 0.633. The molecule has 100 valence electrons. The Morgan fingerprint density at radius 3 is 2.47 bits per heavy atom. The molecule has 0 saturated heterocycles. The van der Waals surface area contributed by atoms with E-state index in [0.717, 1.165) is 17.5 Å². The van der Waals surface area contributed by atoms with Gasteiger partial charge in [0, 0.05) is 6.04 Å². The summed E-state index contributed by atoms with van der Waals surface area (Å²) in [6.45, 7) is 2.50. The first-order valence-corrected chi connectivity index (χ1v) is 6.73. The lowest BCUT2D eigenvalue weighted by molar-refractivity contribution is 0.306. The second-order valence-electron chi connectivity index (χ2n) is 4.72. The van der Waals surface area contributed by atoms with Gasteiger partial charge in [-0.1, -0.05) is 48.0 Å². The Kier molecular flexibility index (Phi) is 4.83. The monoisotopic (exact) mass is 275 g/mol. The van der Waals surface area contributed by atoms with Crippen LogP contribution in [0.4, 0.5) is 0 Å². The molecule has 0 aliphatic heterocycles. The minimum atomic E-state index is 0.132.